The fraction of sp³-hybridized carbons (Fsp3) is 0.375. The van der Waals surface area contributed by atoms with Crippen molar-refractivity contribution in [3.05, 3.63) is 65.2 Å². The highest BCUT2D eigenvalue weighted by molar-refractivity contribution is 6.09. The monoisotopic (exact) mass is 458 g/mol. The molecule has 2 aromatic carbocycles. The standard InChI is InChI=1S/C24H25F3N4O2/c1-14(2)22-28-13-31(29-22)17-8-9-21(33-4)19(11-17)23(32)30-12-16(24(25,26)27)10-18-15(3)6-5-7-20(18)30/h5-9,11,13-14,16H,10,12H2,1-4H3. The minimum Gasteiger partial charge on any atom is -0.496 e. The molecule has 1 atom stereocenters. The van der Waals surface area contributed by atoms with Crippen molar-refractivity contribution >= 4 is 11.6 Å². The predicted molar refractivity (Wildman–Crippen MR) is 118 cm³/mol. The lowest BCUT2D eigenvalue weighted by molar-refractivity contribution is -0.172. The molecule has 0 fully saturated rings. The number of nitrogens with zero attached hydrogens (tertiary/aromatic N) is 4. The highest BCUT2D eigenvalue weighted by Crippen LogP contribution is 2.40. The number of alkyl halides is 3. The minimum absolute atomic E-state index is 0.123. The lowest BCUT2D eigenvalue weighted by Gasteiger charge is -2.36. The highest BCUT2D eigenvalue weighted by Gasteiger charge is 2.45. The highest BCUT2D eigenvalue weighted by atomic mass is 19.4. The van der Waals surface area contributed by atoms with E-state index in [1.165, 1.54) is 12.0 Å². The average molecular weight is 458 g/mol. The number of amides is 1. The molecule has 1 aliphatic rings. The molecule has 0 bridgehead atoms. The Bertz CT molecular complexity index is 1190. The number of aromatic nitrogens is 3. The number of aryl methyl sites for hydroxylation is 1. The summed E-state index contributed by atoms with van der Waals surface area (Å²) < 4.78 is 48.1. The van der Waals surface area contributed by atoms with Gasteiger partial charge in [0.05, 0.1) is 24.3 Å². The van der Waals surface area contributed by atoms with Crippen molar-refractivity contribution in [2.75, 3.05) is 18.6 Å². The minimum atomic E-state index is -4.42. The van der Waals surface area contributed by atoms with Crippen molar-refractivity contribution in [2.24, 2.45) is 5.92 Å². The van der Waals surface area contributed by atoms with E-state index in [-0.39, 0.29) is 23.7 Å². The second kappa shape index (κ2) is 8.53. The fourth-order valence-electron chi connectivity index (χ4n) is 4.06. The van der Waals surface area contributed by atoms with Crippen molar-refractivity contribution < 1.29 is 22.7 Å². The molecule has 1 amide bonds. The van der Waals surface area contributed by atoms with E-state index in [2.05, 4.69) is 10.1 Å². The van der Waals surface area contributed by atoms with Crippen molar-refractivity contribution in [3.8, 4) is 11.4 Å². The number of ether oxygens (including phenoxy) is 1. The van der Waals surface area contributed by atoms with Gasteiger partial charge in [0.15, 0.2) is 5.82 Å². The number of fused-ring (bicyclic) bond motifs is 1. The molecule has 0 saturated carbocycles. The molecule has 6 nitrogen and oxygen atoms in total. The third-order valence-electron chi connectivity index (χ3n) is 5.94. The van der Waals surface area contributed by atoms with Crippen LogP contribution in [0.3, 0.4) is 0 Å². The first kappa shape index (κ1) is 22.8. The Hall–Kier alpha value is -3.36. The number of rotatable bonds is 4. The summed E-state index contributed by atoms with van der Waals surface area (Å²) >= 11 is 0. The number of carbonyl (C=O) groups excluding carboxylic acids is 1. The molecule has 4 rings (SSSR count). The molecule has 0 N–H and O–H groups in total. The molecule has 9 heteroatoms. The maximum Gasteiger partial charge on any atom is 0.393 e. The summed E-state index contributed by atoms with van der Waals surface area (Å²) in [6.07, 6.45) is -3.02. The second-order valence-corrected chi connectivity index (χ2v) is 8.52. The molecule has 0 aliphatic carbocycles. The molecule has 1 unspecified atom stereocenters. The van der Waals surface area contributed by atoms with Crippen molar-refractivity contribution in [1.82, 2.24) is 14.8 Å². The summed E-state index contributed by atoms with van der Waals surface area (Å²) in [5, 5.41) is 4.43. The third kappa shape index (κ3) is 4.31. The van der Waals surface area contributed by atoms with Gasteiger partial charge in [0.25, 0.3) is 5.91 Å². The second-order valence-electron chi connectivity index (χ2n) is 8.52. The molecule has 174 valence electrons. The number of methoxy groups -OCH3 is 1. The van der Waals surface area contributed by atoms with Gasteiger partial charge in [-0.2, -0.15) is 18.3 Å². The molecular formula is C24H25F3N4O2. The lowest BCUT2D eigenvalue weighted by atomic mass is 9.88. The third-order valence-corrected chi connectivity index (χ3v) is 5.94. The number of benzene rings is 2. The predicted octanol–water partition coefficient (Wildman–Crippen LogP) is 5.09. The van der Waals surface area contributed by atoms with Gasteiger partial charge in [-0.1, -0.05) is 26.0 Å². The normalized spacial score (nSPS) is 16.1. The summed E-state index contributed by atoms with van der Waals surface area (Å²) in [5.41, 5.74) is 2.48. The first-order valence-corrected chi connectivity index (χ1v) is 10.7. The zero-order valence-corrected chi connectivity index (χ0v) is 18.8. The van der Waals surface area contributed by atoms with Crippen LogP contribution in [0.2, 0.25) is 0 Å². The summed E-state index contributed by atoms with van der Waals surface area (Å²) in [6.45, 7) is 5.25. The van der Waals surface area contributed by atoms with Crippen LogP contribution in [0.5, 0.6) is 5.75 Å². The van der Waals surface area contributed by atoms with Crippen molar-refractivity contribution in [1.29, 1.82) is 0 Å². The Kier molecular flexibility index (Phi) is 5.90. The van der Waals surface area contributed by atoms with Crippen LogP contribution in [0.15, 0.2) is 42.7 Å². The van der Waals surface area contributed by atoms with Crippen LogP contribution in [0.4, 0.5) is 18.9 Å². The van der Waals surface area contributed by atoms with E-state index in [4.69, 9.17) is 4.74 Å². The fourth-order valence-corrected chi connectivity index (χ4v) is 4.06. The van der Waals surface area contributed by atoms with E-state index in [0.717, 1.165) is 5.56 Å². The SMILES string of the molecule is COc1ccc(-n2cnc(C(C)C)n2)cc1C(=O)N1CC(C(F)(F)F)Cc2c(C)cccc21. The first-order valence-electron chi connectivity index (χ1n) is 10.7. The van der Waals surface area contributed by atoms with Gasteiger partial charge >= 0.3 is 6.18 Å². The Morgan fingerprint density at radius 1 is 1.21 bits per heavy atom. The Labute approximate surface area is 190 Å². The van der Waals surface area contributed by atoms with Gasteiger partial charge in [-0.05, 0) is 48.7 Å². The van der Waals surface area contributed by atoms with E-state index in [0.29, 0.717) is 22.8 Å². The van der Waals surface area contributed by atoms with Crippen LogP contribution in [-0.4, -0.2) is 40.5 Å². The van der Waals surface area contributed by atoms with Gasteiger partial charge in [-0.15, -0.1) is 0 Å². The maximum atomic E-state index is 13.7. The quantitative estimate of drug-likeness (QED) is 0.547. The molecule has 3 aromatic rings. The Morgan fingerprint density at radius 2 is 1.97 bits per heavy atom. The summed E-state index contributed by atoms with van der Waals surface area (Å²) in [6, 6.07) is 10.1. The van der Waals surface area contributed by atoms with E-state index < -0.39 is 24.5 Å². The van der Waals surface area contributed by atoms with Gasteiger partial charge in [-0.3, -0.25) is 4.79 Å². The summed E-state index contributed by atoms with van der Waals surface area (Å²) in [5.74, 6) is -1.16. The molecule has 0 radical (unpaired) electrons. The van der Waals surface area contributed by atoms with Gasteiger partial charge in [-0.25, -0.2) is 9.67 Å². The van der Waals surface area contributed by atoms with Gasteiger partial charge in [0, 0.05) is 18.2 Å². The van der Waals surface area contributed by atoms with E-state index in [9.17, 15) is 18.0 Å². The van der Waals surface area contributed by atoms with Crippen LogP contribution >= 0.6 is 0 Å². The van der Waals surface area contributed by atoms with Crippen molar-refractivity contribution in [3.63, 3.8) is 0 Å². The van der Waals surface area contributed by atoms with Crippen LogP contribution in [0, 0.1) is 12.8 Å². The summed E-state index contributed by atoms with van der Waals surface area (Å²) in [4.78, 5) is 19.1. The number of carbonyl (C=O) groups is 1. The van der Waals surface area contributed by atoms with E-state index in [1.54, 1.807) is 54.3 Å². The van der Waals surface area contributed by atoms with Crippen LogP contribution in [-0.2, 0) is 6.42 Å². The lowest BCUT2D eigenvalue weighted by Crippen LogP contribution is -2.45. The van der Waals surface area contributed by atoms with Gasteiger partial charge in [0.2, 0.25) is 0 Å². The largest absolute Gasteiger partial charge is 0.496 e. The zero-order chi connectivity index (χ0) is 23.9. The van der Waals surface area contributed by atoms with Crippen LogP contribution < -0.4 is 9.64 Å². The smallest absolute Gasteiger partial charge is 0.393 e. The maximum absolute atomic E-state index is 13.7. The molecule has 1 aliphatic heterocycles. The van der Waals surface area contributed by atoms with Gasteiger partial charge in [0.1, 0.15) is 12.1 Å². The average Bonchev–Trinajstić information content (AvgIpc) is 3.28. The number of anilines is 1. The van der Waals surface area contributed by atoms with Gasteiger partial charge < -0.3 is 9.64 Å². The molecule has 2 heterocycles. The molecule has 1 aromatic heterocycles. The van der Waals surface area contributed by atoms with Crippen molar-refractivity contribution in [2.45, 2.75) is 39.3 Å². The number of halogens is 3. The molecule has 33 heavy (non-hydrogen) atoms. The van der Waals surface area contributed by atoms with E-state index in [1.807, 2.05) is 13.8 Å². The number of hydrogen-bond donors (Lipinski definition) is 0. The van der Waals surface area contributed by atoms with Crippen LogP contribution in [0.25, 0.3) is 5.69 Å². The molecule has 0 spiro atoms. The molecular weight excluding hydrogens is 433 g/mol. The Balaban J connectivity index is 1.78. The van der Waals surface area contributed by atoms with E-state index >= 15 is 0 Å². The topological polar surface area (TPSA) is 60.2 Å². The van der Waals surface area contributed by atoms with Crippen LogP contribution in [0.1, 0.15) is 47.1 Å². The molecule has 0 saturated heterocycles. The number of hydrogen-bond acceptors (Lipinski definition) is 4. The summed E-state index contributed by atoms with van der Waals surface area (Å²) in [7, 11) is 1.42. The zero-order valence-electron chi connectivity index (χ0n) is 18.8. The first-order chi connectivity index (χ1) is 15.6. The Morgan fingerprint density at radius 3 is 2.61 bits per heavy atom.